The molecule has 1 aromatic carbocycles. The predicted octanol–water partition coefficient (Wildman–Crippen LogP) is 3.22. The molecule has 1 aliphatic heterocycles. The molecule has 1 aromatic rings. The van der Waals surface area contributed by atoms with Crippen molar-refractivity contribution >= 4 is 23.4 Å². The molecule has 2 rings (SSSR count). The van der Waals surface area contributed by atoms with Crippen LogP contribution in [0.3, 0.4) is 0 Å². The van der Waals surface area contributed by atoms with Crippen molar-refractivity contribution in [2.75, 3.05) is 18.1 Å². The van der Waals surface area contributed by atoms with Crippen LogP contribution in [0.5, 0.6) is 0 Å². The van der Waals surface area contributed by atoms with Crippen molar-refractivity contribution in [2.24, 2.45) is 5.92 Å². The van der Waals surface area contributed by atoms with Crippen LogP contribution in [-0.2, 0) is 6.42 Å². The highest BCUT2D eigenvalue weighted by Crippen LogP contribution is 2.27. The van der Waals surface area contributed by atoms with Gasteiger partial charge in [-0.05, 0) is 42.3 Å². The molecule has 1 saturated heterocycles. The van der Waals surface area contributed by atoms with E-state index in [0.29, 0.717) is 6.04 Å². The molecular formula is C13H18ClNS. The molecule has 0 radical (unpaired) electrons. The van der Waals surface area contributed by atoms with Crippen LogP contribution >= 0.6 is 23.4 Å². The SMILES string of the molecule is CCNC1CSCC1Cc1cccc(Cl)c1. The molecule has 2 unspecified atom stereocenters. The van der Waals surface area contributed by atoms with E-state index in [-0.39, 0.29) is 0 Å². The average Bonchev–Trinajstić information content (AvgIpc) is 2.66. The molecule has 2 atom stereocenters. The van der Waals surface area contributed by atoms with Crippen molar-refractivity contribution in [3.8, 4) is 0 Å². The molecule has 16 heavy (non-hydrogen) atoms. The topological polar surface area (TPSA) is 12.0 Å². The molecule has 3 heteroatoms. The highest BCUT2D eigenvalue weighted by Gasteiger charge is 2.26. The van der Waals surface area contributed by atoms with Gasteiger partial charge in [0.1, 0.15) is 0 Å². The van der Waals surface area contributed by atoms with Gasteiger partial charge in [0.2, 0.25) is 0 Å². The molecule has 1 heterocycles. The third-order valence-electron chi connectivity index (χ3n) is 3.05. The molecule has 0 saturated carbocycles. The third-order valence-corrected chi connectivity index (χ3v) is 4.55. The first kappa shape index (κ1) is 12.3. The number of hydrogen-bond donors (Lipinski definition) is 1. The van der Waals surface area contributed by atoms with E-state index in [0.717, 1.165) is 23.9 Å². The summed E-state index contributed by atoms with van der Waals surface area (Å²) in [5, 5.41) is 4.43. The van der Waals surface area contributed by atoms with Gasteiger partial charge in [0.15, 0.2) is 0 Å². The van der Waals surface area contributed by atoms with Crippen LogP contribution in [0.2, 0.25) is 5.02 Å². The van der Waals surface area contributed by atoms with Crippen LogP contribution in [0.15, 0.2) is 24.3 Å². The highest BCUT2D eigenvalue weighted by atomic mass is 35.5. The summed E-state index contributed by atoms with van der Waals surface area (Å²) in [6.07, 6.45) is 1.14. The van der Waals surface area contributed by atoms with E-state index < -0.39 is 0 Å². The molecule has 88 valence electrons. The lowest BCUT2D eigenvalue weighted by Crippen LogP contribution is -2.36. The molecule has 0 spiro atoms. The van der Waals surface area contributed by atoms with Crippen molar-refractivity contribution in [3.63, 3.8) is 0 Å². The van der Waals surface area contributed by atoms with E-state index in [1.165, 1.54) is 17.1 Å². The van der Waals surface area contributed by atoms with Gasteiger partial charge in [0, 0.05) is 16.8 Å². The minimum Gasteiger partial charge on any atom is -0.313 e. The Balaban J connectivity index is 1.98. The van der Waals surface area contributed by atoms with Gasteiger partial charge < -0.3 is 5.32 Å². The summed E-state index contributed by atoms with van der Waals surface area (Å²) in [6, 6.07) is 8.93. The number of hydrogen-bond acceptors (Lipinski definition) is 2. The van der Waals surface area contributed by atoms with E-state index >= 15 is 0 Å². The normalized spacial score (nSPS) is 24.9. The van der Waals surface area contributed by atoms with Crippen LogP contribution in [0.1, 0.15) is 12.5 Å². The zero-order chi connectivity index (χ0) is 11.4. The molecular weight excluding hydrogens is 238 g/mol. The first-order valence-corrected chi connectivity index (χ1v) is 7.38. The zero-order valence-corrected chi connectivity index (χ0v) is 11.2. The fourth-order valence-corrected chi connectivity index (χ4v) is 3.90. The van der Waals surface area contributed by atoms with Gasteiger partial charge in [-0.1, -0.05) is 30.7 Å². The number of thioether (sulfide) groups is 1. The van der Waals surface area contributed by atoms with Crippen molar-refractivity contribution in [1.82, 2.24) is 5.32 Å². The van der Waals surface area contributed by atoms with Crippen molar-refractivity contribution in [2.45, 2.75) is 19.4 Å². The summed E-state index contributed by atoms with van der Waals surface area (Å²) in [7, 11) is 0. The van der Waals surface area contributed by atoms with E-state index in [1.807, 2.05) is 12.1 Å². The van der Waals surface area contributed by atoms with Crippen LogP contribution < -0.4 is 5.32 Å². The fourth-order valence-electron chi connectivity index (χ4n) is 2.25. The lowest BCUT2D eigenvalue weighted by atomic mass is 9.95. The quantitative estimate of drug-likeness (QED) is 0.887. The first-order chi connectivity index (χ1) is 7.79. The Morgan fingerprint density at radius 2 is 2.31 bits per heavy atom. The second-order valence-corrected chi connectivity index (χ2v) is 5.81. The molecule has 1 nitrogen and oxygen atoms in total. The minimum atomic E-state index is 0.675. The van der Waals surface area contributed by atoms with Crippen molar-refractivity contribution < 1.29 is 0 Å². The smallest absolute Gasteiger partial charge is 0.0408 e. The van der Waals surface area contributed by atoms with Crippen LogP contribution in [0, 0.1) is 5.92 Å². The summed E-state index contributed by atoms with van der Waals surface area (Å²) >= 11 is 8.07. The number of rotatable bonds is 4. The van der Waals surface area contributed by atoms with Gasteiger partial charge in [-0.15, -0.1) is 0 Å². The molecule has 0 aliphatic carbocycles. The molecule has 0 amide bonds. The summed E-state index contributed by atoms with van der Waals surface area (Å²) in [5.41, 5.74) is 1.36. The Labute approximate surface area is 107 Å². The van der Waals surface area contributed by atoms with E-state index in [2.05, 4.69) is 36.1 Å². The van der Waals surface area contributed by atoms with Gasteiger partial charge in [-0.25, -0.2) is 0 Å². The Morgan fingerprint density at radius 1 is 1.44 bits per heavy atom. The third kappa shape index (κ3) is 3.16. The van der Waals surface area contributed by atoms with E-state index in [9.17, 15) is 0 Å². The van der Waals surface area contributed by atoms with E-state index in [1.54, 1.807) is 0 Å². The summed E-state index contributed by atoms with van der Waals surface area (Å²) in [6.45, 7) is 3.25. The molecule has 1 fully saturated rings. The summed E-state index contributed by atoms with van der Waals surface area (Å²) < 4.78 is 0. The maximum Gasteiger partial charge on any atom is 0.0408 e. The molecule has 1 aliphatic rings. The Morgan fingerprint density at radius 3 is 3.06 bits per heavy atom. The Kier molecular flexibility index (Phi) is 4.56. The van der Waals surface area contributed by atoms with E-state index in [4.69, 9.17) is 11.6 Å². The second-order valence-electron chi connectivity index (χ2n) is 4.30. The minimum absolute atomic E-state index is 0.675. The van der Waals surface area contributed by atoms with Crippen molar-refractivity contribution in [1.29, 1.82) is 0 Å². The number of benzene rings is 1. The molecule has 0 aromatic heterocycles. The van der Waals surface area contributed by atoms with Gasteiger partial charge in [0.25, 0.3) is 0 Å². The lowest BCUT2D eigenvalue weighted by molar-refractivity contribution is 0.434. The zero-order valence-electron chi connectivity index (χ0n) is 9.58. The maximum atomic E-state index is 6.01. The first-order valence-electron chi connectivity index (χ1n) is 5.85. The number of halogens is 1. The average molecular weight is 256 g/mol. The summed E-state index contributed by atoms with van der Waals surface area (Å²) in [5.74, 6) is 3.27. The van der Waals surface area contributed by atoms with Gasteiger partial charge in [-0.3, -0.25) is 0 Å². The number of nitrogens with one attached hydrogen (secondary N) is 1. The maximum absolute atomic E-state index is 6.01. The standard InChI is InChI=1S/C13H18ClNS/c1-2-15-13-9-16-8-11(13)6-10-4-3-5-12(14)7-10/h3-5,7,11,13,15H,2,6,8-9H2,1H3. The Hall–Kier alpha value is -0.180. The van der Waals surface area contributed by atoms with Crippen LogP contribution in [-0.4, -0.2) is 24.1 Å². The van der Waals surface area contributed by atoms with Gasteiger partial charge in [-0.2, -0.15) is 11.8 Å². The largest absolute Gasteiger partial charge is 0.313 e. The molecule has 0 bridgehead atoms. The van der Waals surface area contributed by atoms with Gasteiger partial charge >= 0.3 is 0 Å². The van der Waals surface area contributed by atoms with Crippen LogP contribution in [0.25, 0.3) is 0 Å². The van der Waals surface area contributed by atoms with Crippen LogP contribution in [0.4, 0.5) is 0 Å². The highest BCUT2D eigenvalue weighted by molar-refractivity contribution is 7.99. The second kappa shape index (κ2) is 5.95. The Bertz CT molecular complexity index is 342. The lowest BCUT2D eigenvalue weighted by Gasteiger charge is -2.19. The summed E-state index contributed by atoms with van der Waals surface area (Å²) in [4.78, 5) is 0. The molecule has 1 N–H and O–H groups in total. The van der Waals surface area contributed by atoms with Gasteiger partial charge in [0.05, 0.1) is 0 Å². The van der Waals surface area contributed by atoms with Crippen molar-refractivity contribution in [3.05, 3.63) is 34.9 Å². The fraction of sp³-hybridized carbons (Fsp3) is 0.538. The monoisotopic (exact) mass is 255 g/mol. The predicted molar refractivity (Wildman–Crippen MR) is 73.4 cm³/mol.